The molecule has 0 rings (SSSR count). The van der Waals surface area contributed by atoms with Crippen LogP contribution in [0.5, 0.6) is 0 Å². The molecule has 76 heavy (non-hydrogen) atoms. The van der Waals surface area contributed by atoms with Crippen molar-refractivity contribution < 1.29 is 24.2 Å². The van der Waals surface area contributed by atoms with E-state index in [9.17, 15) is 14.7 Å². The molecule has 0 aliphatic rings. The fourth-order valence-corrected chi connectivity index (χ4v) is 7.73. The van der Waals surface area contributed by atoms with Crippen molar-refractivity contribution in [2.45, 2.75) is 238 Å². The molecule has 0 radical (unpaired) electrons. The highest BCUT2D eigenvalue weighted by molar-refractivity contribution is 5.70. The molecule has 0 amide bonds. The fraction of sp³-hybridized carbons (Fsp3) is 0.549. The highest BCUT2D eigenvalue weighted by atomic mass is 16.6. The number of rotatable bonds is 53. The number of ether oxygens (including phenoxy) is 2. The van der Waals surface area contributed by atoms with Crippen LogP contribution in [-0.4, -0.2) is 36.4 Å². The Balaban J connectivity index is 3.62. The summed E-state index contributed by atoms with van der Waals surface area (Å²) in [5.74, 6) is -0.635. The lowest BCUT2D eigenvalue weighted by Gasteiger charge is -2.15. The van der Waals surface area contributed by atoms with Crippen molar-refractivity contribution in [2.75, 3.05) is 13.2 Å². The molecular formula is C71H110O5. The highest BCUT2D eigenvalue weighted by Crippen LogP contribution is 2.14. The van der Waals surface area contributed by atoms with Gasteiger partial charge in [0.25, 0.3) is 0 Å². The first-order valence-corrected chi connectivity index (χ1v) is 30.3. The number of allylic oxidation sites excluding steroid dienone is 30. The molecule has 1 atom stereocenters. The zero-order valence-electron chi connectivity index (χ0n) is 48.4. The number of carbonyl (C=O) groups excluding carboxylic acids is 2. The first kappa shape index (κ1) is 71.0. The zero-order chi connectivity index (χ0) is 54.8. The van der Waals surface area contributed by atoms with Gasteiger partial charge in [-0.2, -0.15) is 0 Å². The normalized spacial score (nSPS) is 13.6. The lowest BCUT2D eigenvalue weighted by atomic mass is 10.0. The summed E-state index contributed by atoms with van der Waals surface area (Å²) < 4.78 is 10.7. The second-order valence-corrected chi connectivity index (χ2v) is 19.3. The van der Waals surface area contributed by atoms with E-state index < -0.39 is 6.10 Å². The summed E-state index contributed by atoms with van der Waals surface area (Å²) in [4.78, 5) is 24.6. The molecule has 1 N–H and O–H groups in total. The minimum Gasteiger partial charge on any atom is -0.462 e. The van der Waals surface area contributed by atoms with Crippen molar-refractivity contribution in [3.05, 3.63) is 182 Å². The molecule has 0 bridgehead atoms. The van der Waals surface area contributed by atoms with E-state index >= 15 is 0 Å². The van der Waals surface area contributed by atoms with Crippen molar-refractivity contribution in [1.29, 1.82) is 0 Å². The van der Waals surface area contributed by atoms with Crippen molar-refractivity contribution in [3.8, 4) is 0 Å². The van der Waals surface area contributed by atoms with Crippen molar-refractivity contribution >= 4 is 11.9 Å². The molecule has 0 saturated heterocycles. The molecule has 5 nitrogen and oxygen atoms in total. The molecule has 0 saturated carbocycles. The Morgan fingerprint density at radius 2 is 0.526 bits per heavy atom. The summed E-state index contributed by atoms with van der Waals surface area (Å²) >= 11 is 0. The van der Waals surface area contributed by atoms with Gasteiger partial charge in [-0.15, -0.1) is 0 Å². The van der Waals surface area contributed by atoms with E-state index in [1.807, 2.05) is 0 Å². The van der Waals surface area contributed by atoms with E-state index in [0.717, 1.165) is 148 Å². The molecule has 0 fully saturated rings. The summed E-state index contributed by atoms with van der Waals surface area (Å²) in [5, 5.41) is 9.67. The molecule has 0 heterocycles. The number of esters is 2. The molecule has 0 aliphatic heterocycles. The Kier molecular flexibility index (Phi) is 60.1. The Labute approximate surface area is 467 Å². The van der Waals surface area contributed by atoms with Gasteiger partial charge in [0.15, 0.2) is 6.10 Å². The third-order valence-corrected chi connectivity index (χ3v) is 12.2. The second kappa shape index (κ2) is 64.3. The molecular weight excluding hydrogens is 933 g/mol. The zero-order valence-corrected chi connectivity index (χ0v) is 48.4. The Morgan fingerprint density at radius 3 is 0.789 bits per heavy atom. The maximum atomic E-state index is 12.3. The van der Waals surface area contributed by atoms with Gasteiger partial charge in [-0.1, -0.05) is 267 Å². The van der Waals surface area contributed by atoms with Gasteiger partial charge in [0.1, 0.15) is 6.61 Å². The Bertz CT molecular complexity index is 1750. The summed E-state index contributed by atoms with van der Waals surface area (Å²) in [7, 11) is 0. The number of unbranched alkanes of at least 4 members (excludes halogenated alkanes) is 15. The van der Waals surface area contributed by atoms with E-state index in [0.29, 0.717) is 12.8 Å². The SMILES string of the molecule is CC/C=C\C/C=C\C/C=C\C/C=C\C/C=C\C/C=C\C/C=C\C/C=C\C/C=C\CCCCCCCCCCCCCC(=O)OC(CO)COC(=O)CCCCCC/C=C\C/C=C\C/C=C\C/C=C\C/C=C\C/C=C\CC. The smallest absolute Gasteiger partial charge is 0.306 e. The Hall–Kier alpha value is -5.00. The van der Waals surface area contributed by atoms with E-state index in [2.05, 4.69) is 196 Å². The van der Waals surface area contributed by atoms with Gasteiger partial charge in [-0.3, -0.25) is 9.59 Å². The largest absolute Gasteiger partial charge is 0.462 e. The van der Waals surface area contributed by atoms with Crippen LogP contribution < -0.4 is 0 Å². The second-order valence-electron chi connectivity index (χ2n) is 19.3. The van der Waals surface area contributed by atoms with Crippen LogP contribution in [0.4, 0.5) is 0 Å². The van der Waals surface area contributed by atoms with Crippen molar-refractivity contribution in [2.24, 2.45) is 0 Å². The standard InChI is InChI=1S/C71H110O5/c1-3-5-7-9-11-13-15-17-19-21-23-25-27-28-29-30-31-32-33-34-35-36-37-38-39-40-41-42-44-46-48-50-52-54-56-58-60-62-64-66-71(74)76-69(67-72)68-75-70(73)65-63-61-59-57-55-53-51-49-47-45-43-26-24-22-20-18-16-14-12-10-8-6-4-2/h5-8,11-14,17-20,23-26,28-29,31-32,34-35,37-38,40-41,45,47,51,53,69,72H,3-4,9-10,15-16,21-22,27,30,33,36,39,42-44,46,48-50,52,54-68H2,1-2H3/b7-5-,8-6-,13-11-,14-12-,19-17-,20-18-,25-23-,26-24-,29-28-,32-31-,35-34-,38-37-,41-40-,47-45-,53-51-. The van der Waals surface area contributed by atoms with Crippen LogP contribution in [0.3, 0.4) is 0 Å². The van der Waals surface area contributed by atoms with E-state index in [1.54, 1.807) is 0 Å². The Morgan fingerprint density at radius 1 is 0.303 bits per heavy atom. The van der Waals surface area contributed by atoms with Crippen LogP contribution in [0, 0.1) is 0 Å². The first-order chi connectivity index (χ1) is 37.6. The number of hydrogen-bond donors (Lipinski definition) is 1. The molecule has 0 aromatic heterocycles. The van der Waals surface area contributed by atoms with Crippen LogP contribution in [0.1, 0.15) is 232 Å². The van der Waals surface area contributed by atoms with Gasteiger partial charge in [0.05, 0.1) is 6.61 Å². The number of carbonyl (C=O) groups is 2. The summed E-state index contributed by atoms with van der Waals surface area (Å²) in [6.45, 7) is 3.88. The van der Waals surface area contributed by atoms with Gasteiger partial charge >= 0.3 is 11.9 Å². The highest BCUT2D eigenvalue weighted by Gasteiger charge is 2.16. The van der Waals surface area contributed by atoms with Gasteiger partial charge in [0.2, 0.25) is 0 Å². The molecule has 5 heteroatoms. The lowest BCUT2D eigenvalue weighted by Crippen LogP contribution is -2.28. The van der Waals surface area contributed by atoms with Crippen molar-refractivity contribution in [1.82, 2.24) is 0 Å². The number of aliphatic hydroxyl groups excluding tert-OH is 1. The molecule has 424 valence electrons. The number of hydrogen-bond acceptors (Lipinski definition) is 5. The van der Waals surface area contributed by atoms with Crippen LogP contribution in [0.15, 0.2) is 182 Å². The van der Waals surface area contributed by atoms with Crippen LogP contribution in [0.2, 0.25) is 0 Å². The summed E-state index contributed by atoms with van der Waals surface area (Å²) in [6.07, 6.45) is 102. The predicted octanol–water partition coefficient (Wildman–Crippen LogP) is 21.1. The maximum Gasteiger partial charge on any atom is 0.306 e. The van der Waals surface area contributed by atoms with Crippen LogP contribution in [-0.2, 0) is 19.1 Å². The molecule has 0 spiro atoms. The summed E-state index contributed by atoms with van der Waals surface area (Å²) in [6, 6.07) is 0. The molecule has 0 aromatic carbocycles. The summed E-state index contributed by atoms with van der Waals surface area (Å²) in [5.41, 5.74) is 0. The fourth-order valence-electron chi connectivity index (χ4n) is 7.73. The number of aliphatic hydroxyl groups is 1. The monoisotopic (exact) mass is 1040 g/mol. The molecule has 0 aromatic rings. The van der Waals surface area contributed by atoms with Gasteiger partial charge in [0, 0.05) is 12.8 Å². The average molecular weight is 1040 g/mol. The quantitative estimate of drug-likeness (QED) is 0.0373. The lowest BCUT2D eigenvalue weighted by molar-refractivity contribution is -0.161. The van der Waals surface area contributed by atoms with Crippen LogP contribution >= 0.6 is 0 Å². The van der Waals surface area contributed by atoms with E-state index in [1.165, 1.54) is 57.8 Å². The van der Waals surface area contributed by atoms with Gasteiger partial charge in [-0.05, 0) is 135 Å². The van der Waals surface area contributed by atoms with Gasteiger partial charge in [-0.25, -0.2) is 0 Å². The maximum absolute atomic E-state index is 12.3. The average Bonchev–Trinajstić information content (AvgIpc) is 3.42. The van der Waals surface area contributed by atoms with E-state index in [4.69, 9.17) is 9.47 Å². The topological polar surface area (TPSA) is 72.8 Å². The van der Waals surface area contributed by atoms with Crippen molar-refractivity contribution in [3.63, 3.8) is 0 Å². The van der Waals surface area contributed by atoms with Gasteiger partial charge < -0.3 is 14.6 Å². The van der Waals surface area contributed by atoms with E-state index in [-0.39, 0.29) is 25.2 Å². The minimum atomic E-state index is -0.800. The van der Waals surface area contributed by atoms with Crippen LogP contribution in [0.25, 0.3) is 0 Å². The molecule has 1 unspecified atom stereocenters. The minimum absolute atomic E-state index is 0.0919. The molecule has 0 aliphatic carbocycles. The predicted molar refractivity (Wildman–Crippen MR) is 333 cm³/mol. The first-order valence-electron chi connectivity index (χ1n) is 30.3. The third-order valence-electron chi connectivity index (χ3n) is 12.2. The third kappa shape index (κ3) is 61.5.